The number of benzene rings is 1. The number of amides is 3. The van der Waals surface area contributed by atoms with Gasteiger partial charge in [0.25, 0.3) is 5.91 Å². The first-order valence-corrected chi connectivity index (χ1v) is 4.85. The maximum atomic E-state index is 11.2. The van der Waals surface area contributed by atoms with Crippen LogP contribution in [-0.2, 0) is 4.79 Å². The van der Waals surface area contributed by atoms with E-state index in [1.807, 2.05) is 0 Å². The highest BCUT2D eigenvalue weighted by atomic mass is 16.5. The molecule has 0 bridgehead atoms. The molecule has 90 valence electrons. The zero-order valence-corrected chi connectivity index (χ0v) is 9.23. The van der Waals surface area contributed by atoms with Crippen LogP contribution in [0, 0.1) is 0 Å². The first-order valence-electron chi connectivity index (χ1n) is 4.85. The fraction of sp³-hybridized carbons (Fsp3) is 0.182. The molecule has 1 aromatic rings. The lowest BCUT2D eigenvalue weighted by atomic mass is 10.2. The van der Waals surface area contributed by atoms with E-state index in [2.05, 4.69) is 10.6 Å². The minimum atomic E-state index is -0.588. The van der Waals surface area contributed by atoms with E-state index in [-0.39, 0.29) is 6.61 Å². The van der Waals surface area contributed by atoms with Gasteiger partial charge in [-0.15, -0.1) is 0 Å². The van der Waals surface area contributed by atoms with Gasteiger partial charge in [0.15, 0.2) is 6.61 Å². The highest BCUT2D eigenvalue weighted by Crippen LogP contribution is 2.10. The van der Waals surface area contributed by atoms with Gasteiger partial charge in [-0.3, -0.25) is 14.9 Å². The van der Waals surface area contributed by atoms with E-state index < -0.39 is 11.9 Å². The monoisotopic (exact) mass is 236 g/mol. The number of hydrogen-bond donors (Lipinski definition) is 2. The zero-order valence-electron chi connectivity index (χ0n) is 9.23. The molecule has 0 aliphatic carbocycles. The molecule has 1 aromatic carbocycles. The third-order valence-electron chi connectivity index (χ3n) is 1.87. The Bertz CT molecular complexity index is 414. The number of imide groups is 1. The minimum Gasteiger partial charge on any atom is -0.484 e. The van der Waals surface area contributed by atoms with Crippen LogP contribution in [0.5, 0.6) is 5.75 Å². The van der Waals surface area contributed by atoms with Crippen LogP contribution in [0.3, 0.4) is 0 Å². The lowest BCUT2D eigenvalue weighted by Crippen LogP contribution is -2.39. The summed E-state index contributed by atoms with van der Waals surface area (Å²) >= 11 is 0. The molecule has 6 heteroatoms. The molecular weight excluding hydrogens is 224 g/mol. The second-order valence-electron chi connectivity index (χ2n) is 3.10. The number of urea groups is 1. The Hall–Kier alpha value is -2.37. The van der Waals surface area contributed by atoms with Crippen LogP contribution >= 0.6 is 0 Å². The molecule has 0 aliphatic heterocycles. The van der Waals surface area contributed by atoms with Crippen LogP contribution in [0.1, 0.15) is 10.4 Å². The molecule has 0 saturated heterocycles. The van der Waals surface area contributed by atoms with Gasteiger partial charge in [0, 0.05) is 12.6 Å². The molecule has 0 atom stereocenters. The number of carbonyl (C=O) groups is 3. The molecular formula is C11H12N2O4. The number of rotatable bonds is 4. The topological polar surface area (TPSA) is 84.5 Å². The van der Waals surface area contributed by atoms with Crippen LogP contribution in [0.2, 0.25) is 0 Å². The number of carbonyl (C=O) groups excluding carboxylic acids is 3. The Kier molecular flexibility index (Phi) is 4.68. The van der Waals surface area contributed by atoms with Crippen LogP contribution in [0.15, 0.2) is 24.3 Å². The van der Waals surface area contributed by atoms with E-state index >= 15 is 0 Å². The second-order valence-corrected chi connectivity index (χ2v) is 3.10. The summed E-state index contributed by atoms with van der Waals surface area (Å²) in [7, 11) is 1.40. The Morgan fingerprint density at radius 3 is 2.47 bits per heavy atom. The van der Waals surface area contributed by atoms with E-state index in [1.165, 1.54) is 7.05 Å². The molecule has 0 radical (unpaired) electrons. The van der Waals surface area contributed by atoms with Crippen molar-refractivity contribution in [1.82, 2.24) is 10.6 Å². The van der Waals surface area contributed by atoms with Gasteiger partial charge < -0.3 is 10.1 Å². The molecule has 0 spiro atoms. The standard InChI is InChI=1S/C11H12N2O4/c1-12-11(16)13-10(15)7-17-9-4-2-8(6-14)3-5-9/h2-6H,7H2,1H3,(H2,12,13,15,16). The van der Waals surface area contributed by atoms with Crippen molar-refractivity contribution in [2.24, 2.45) is 0 Å². The third-order valence-corrected chi connectivity index (χ3v) is 1.87. The number of ether oxygens (including phenoxy) is 1. The SMILES string of the molecule is CNC(=O)NC(=O)COc1ccc(C=O)cc1. The van der Waals surface area contributed by atoms with Crippen LogP contribution in [0.25, 0.3) is 0 Å². The average molecular weight is 236 g/mol. The first-order chi connectivity index (χ1) is 8.15. The number of hydrogen-bond acceptors (Lipinski definition) is 4. The third kappa shape index (κ3) is 4.33. The first kappa shape index (κ1) is 12.7. The summed E-state index contributed by atoms with van der Waals surface area (Å²) in [4.78, 5) is 32.3. The quantitative estimate of drug-likeness (QED) is 0.738. The summed E-state index contributed by atoms with van der Waals surface area (Å²) in [5.41, 5.74) is 0.521. The van der Waals surface area contributed by atoms with Crippen molar-refractivity contribution in [3.05, 3.63) is 29.8 Å². The van der Waals surface area contributed by atoms with Crippen molar-refractivity contribution in [3.8, 4) is 5.75 Å². The lowest BCUT2D eigenvalue weighted by Gasteiger charge is -2.06. The van der Waals surface area contributed by atoms with Gasteiger partial charge in [0.1, 0.15) is 12.0 Å². The molecule has 0 saturated carbocycles. The van der Waals surface area contributed by atoms with Crippen molar-refractivity contribution < 1.29 is 19.1 Å². The molecule has 1 rings (SSSR count). The average Bonchev–Trinajstić information content (AvgIpc) is 2.36. The smallest absolute Gasteiger partial charge is 0.321 e. The lowest BCUT2D eigenvalue weighted by molar-refractivity contribution is -0.122. The minimum absolute atomic E-state index is 0.270. The molecule has 0 aliphatic rings. The van der Waals surface area contributed by atoms with Gasteiger partial charge in [-0.05, 0) is 24.3 Å². The maximum absolute atomic E-state index is 11.2. The van der Waals surface area contributed by atoms with Gasteiger partial charge in [-0.1, -0.05) is 0 Å². The number of nitrogens with one attached hydrogen (secondary N) is 2. The van der Waals surface area contributed by atoms with Gasteiger partial charge >= 0.3 is 6.03 Å². The molecule has 17 heavy (non-hydrogen) atoms. The highest BCUT2D eigenvalue weighted by molar-refractivity contribution is 5.94. The Labute approximate surface area is 98.0 Å². The fourth-order valence-electron chi connectivity index (χ4n) is 1.02. The van der Waals surface area contributed by atoms with E-state index in [4.69, 9.17) is 4.74 Å². The Morgan fingerprint density at radius 2 is 1.94 bits per heavy atom. The van der Waals surface area contributed by atoms with Crippen LogP contribution in [0.4, 0.5) is 4.79 Å². The summed E-state index contributed by atoms with van der Waals surface area (Å²) in [6.07, 6.45) is 0.710. The molecule has 2 N–H and O–H groups in total. The van der Waals surface area contributed by atoms with Crippen molar-refractivity contribution in [2.75, 3.05) is 13.7 Å². The van der Waals surface area contributed by atoms with Gasteiger partial charge in [0.05, 0.1) is 0 Å². The van der Waals surface area contributed by atoms with E-state index in [1.54, 1.807) is 24.3 Å². The summed E-state index contributed by atoms with van der Waals surface area (Å²) < 4.78 is 5.10. The highest BCUT2D eigenvalue weighted by Gasteiger charge is 2.06. The summed E-state index contributed by atoms with van der Waals surface area (Å²) in [6.45, 7) is -0.270. The van der Waals surface area contributed by atoms with Crippen molar-refractivity contribution in [1.29, 1.82) is 0 Å². The predicted octanol–water partition coefficient (Wildman–Crippen LogP) is 0.333. The Balaban J connectivity index is 2.41. The second kappa shape index (κ2) is 6.26. The fourth-order valence-corrected chi connectivity index (χ4v) is 1.02. The molecule has 0 heterocycles. The normalized spacial score (nSPS) is 9.24. The van der Waals surface area contributed by atoms with Crippen LogP contribution in [-0.4, -0.2) is 31.9 Å². The summed E-state index contributed by atoms with van der Waals surface area (Å²) in [5, 5.41) is 4.30. The molecule has 3 amide bonds. The molecule has 0 fully saturated rings. The van der Waals surface area contributed by atoms with Crippen molar-refractivity contribution in [3.63, 3.8) is 0 Å². The van der Waals surface area contributed by atoms with E-state index in [0.29, 0.717) is 17.6 Å². The van der Waals surface area contributed by atoms with E-state index in [9.17, 15) is 14.4 Å². The maximum Gasteiger partial charge on any atom is 0.321 e. The van der Waals surface area contributed by atoms with Gasteiger partial charge in [0.2, 0.25) is 0 Å². The number of aldehydes is 1. The van der Waals surface area contributed by atoms with Crippen molar-refractivity contribution >= 4 is 18.2 Å². The van der Waals surface area contributed by atoms with Gasteiger partial charge in [-0.2, -0.15) is 0 Å². The predicted molar refractivity (Wildman–Crippen MR) is 59.9 cm³/mol. The molecule has 6 nitrogen and oxygen atoms in total. The van der Waals surface area contributed by atoms with E-state index in [0.717, 1.165) is 0 Å². The Morgan fingerprint density at radius 1 is 1.29 bits per heavy atom. The molecule has 0 aromatic heterocycles. The summed E-state index contributed by atoms with van der Waals surface area (Å²) in [5.74, 6) is -0.105. The van der Waals surface area contributed by atoms with Crippen LogP contribution < -0.4 is 15.4 Å². The summed E-state index contributed by atoms with van der Waals surface area (Å²) in [6, 6.07) is 5.68. The molecule has 0 unspecified atom stereocenters. The zero-order chi connectivity index (χ0) is 12.7. The van der Waals surface area contributed by atoms with Gasteiger partial charge in [-0.25, -0.2) is 4.79 Å². The largest absolute Gasteiger partial charge is 0.484 e. The van der Waals surface area contributed by atoms with Crippen molar-refractivity contribution in [2.45, 2.75) is 0 Å².